The molecular formula is C22H21N3O3S. The van der Waals surface area contributed by atoms with Crippen LogP contribution in [0.15, 0.2) is 59.6 Å². The first-order chi connectivity index (χ1) is 14.2. The minimum atomic E-state index is -0.118. The van der Waals surface area contributed by atoms with E-state index in [1.165, 1.54) is 17.3 Å². The zero-order chi connectivity index (χ0) is 20.1. The van der Waals surface area contributed by atoms with Crippen molar-refractivity contribution in [2.75, 3.05) is 24.3 Å². The molecule has 2 aromatic carbocycles. The van der Waals surface area contributed by atoms with Gasteiger partial charge in [0.2, 0.25) is 5.91 Å². The highest BCUT2D eigenvalue weighted by molar-refractivity contribution is 7.99. The monoisotopic (exact) mass is 407 g/mol. The number of anilines is 1. The van der Waals surface area contributed by atoms with Gasteiger partial charge in [-0.2, -0.15) is 0 Å². The highest BCUT2D eigenvalue weighted by Crippen LogP contribution is 2.32. The number of thioether (sulfide) groups is 1. The highest BCUT2D eigenvalue weighted by Gasteiger charge is 2.13. The van der Waals surface area contributed by atoms with Crippen LogP contribution in [0.5, 0.6) is 11.5 Å². The zero-order valence-electron chi connectivity index (χ0n) is 16.1. The molecule has 1 N–H and O–H groups in total. The molecule has 6 nitrogen and oxygen atoms in total. The Morgan fingerprint density at radius 1 is 1.00 bits per heavy atom. The van der Waals surface area contributed by atoms with E-state index in [0.717, 1.165) is 17.7 Å². The molecule has 148 valence electrons. The molecule has 3 aromatic rings. The van der Waals surface area contributed by atoms with Crippen molar-refractivity contribution in [3.8, 4) is 22.8 Å². The Morgan fingerprint density at radius 2 is 1.79 bits per heavy atom. The number of ether oxygens (including phenoxy) is 2. The number of rotatable bonds is 6. The Kier molecular flexibility index (Phi) is 5.95. The van der Waals surface area contributed by atoms with Crippen LogP contribution in [0.4, 0.5) is 5.69 Å². The number of aromatic nitrogens is 2. The number of carbonyl (C=O) groups excluding carboxylic acids is 1. The first-order valence-electron chi connectivity index (χ1n) is 9.46. The number of carbonyl (C=O) groups is 1. The summed E-state index contributed by atoms with van der Waals surface area (Å²) in [6, 6.07) is 17.5. The van der Waals surface area contributed by atoms with Gasteiger partial charge in [0.05, 0.1) is 11.4 Å². The number of aryl methyl sites for hydroxylation is 1. The Morgan fingerprint density at radius 3 is 2.52 bits per heavy atom. The molecule has 0 radical (unpaired) electrons. The van der Waals surface area contributed by atoms with Gasteiger partial charge < -0.3 is 14.8 Å². The molecule has 0 unspecified atom stereocenters. The summed E-state index contributed by atoms with van der Waals surface area (Å²) in [5, 5.41) is 12.1. The molecule has 0 atom stereocenters. The lowest BCUT2D eigenvalue weighted by Crippen LogP contribution is -2.17. The van der Waals surface area contributed by atoms with Gasteiger partial charge in [-0.1, -0.05) is 43.0 Å². The molecule has 29 heavy (non-hydrogen) atoms. The third-order valence-corrected chi connectivity index (χ3v) is 5.40. The second-order valence-corrected chi connectivity index (χ2v) is 7.50. The largest absolute Gasteiger partial charge is 0.486 e. The van der Waals surface area contributed by atoms with E-state index < -0.39 is 0 Å². The van der Waals surface area contributed by atoms with E-state index in [9.17, 15) is 4.79 Å². The topological polar surface area (TPSA) is 73.3 Å². The quantitative estimate of drug-likeness (QED) is 0.617. The van der Waals surface area contributed by atoms with Gasteiger partial charge in [0, 0.05) is 17.3 Å². The number of nitrogens with one attached hydrogen (secondary N) is 1. The van der Waals surface area contributed by atoms with Gasteiger partial charge in [-0.25, -0.2) is 0 Å². The fraction of sp³-hybridized carbons (Fsp3) is 0.227. The van der Waals surface area contributed by atoms with Crippen LogP contribution in [0.2, 0.25) is 0 Å². The molecule has 1 amide bonds. The van der Waals surface area contributed by atoms with Crippen molar-refractivity contribution in [2.24, 2.45) is 0 Å². The van der Waals surface area contributed by atoms with Crippen molar-refractivity contribution >= 4 is 23.4 Å². The first kappa shape index (κ1) is 19.3. The van der Waals surface area contributed by atoms with Crippen molar-refractivity contribution in [1.29, 1.82) is 0 Å². The molecule has 0 saturated carbocycles. The van der Waals surface area contributed by atoms with E-state index >= 15 is 0 Å². The lowest BCUT2D eigenvalue weighted by molar-refractivity contribution is -0.113. The second kappa shape index (κ2) is 8.96. The van der Waals surface area contributed by atoms with Crippen molar-refractivity contribution in [1.82, 2.24) is 10.2 Å². The minimum Gasteiger partial charge on any atom is -0.486 e. The molecule has 2 heterocycles. The standard InChI is InChI=1S/C22H21N3O3S/c1-2-15-3-5-16(6-4-15)18-8-10-22(25-24-18)29-14-21(26)23-17-7-9-19-20(13-17)28-12-11-27-19/h3-10,13H,2,11-12,14H2,1H3,(H,23,26). The van der Waals surface area contributed by atoms with Gasteiger partial charge in [0.1, 0.15) is 18.2 Å². The van der Waals surface area contributed by atoms with Crippen LogP contribution >= 0.6 is 11.8 Å². The average molecular weight is 407 g/mol. The first-order valence-corrected chi connectivity index (χ1v) is 10.4. The maximum absolute atomic E-state index is 12.3. The predicted molar refractivity (Wildman–Crippen MR) is 114 cm³/mol. The third kappa shape index (κ3) is 4.86. The molecule has 7 heteroatoms. The van der Waals surface area contributed by atoms with E-state index in [0.29, 0.717) is 35.4 Å². The lowest BCUT2D eigenvalue weighted by Gasteiger charge is -2.18. The van der Waals surface area contributed by atoms with Gasteiger partial charge in [0.25, 0.3) is 0 Å². The number of fused-ring (bicyclic) bond motifs is 1. The molecular weight excluding hydrogens is 386 g/mol. The van der Waals surface area contributed by atoms with Gasteiger partial charge in [-0.05, 0) is 36.2 Å². The summed E-state index contributed by atoms with van der Waals surface area (Å²) in [7, 11) is 0. The van der Waals surface area contributed by atoms with Crippen LogP contribution in [0.25, 0.3) is 11.3 Å². The Hall–Kier alpha value is -3.06. The molecule has 1 aromatic heterocycles. The number of amides is 1. The minimum absolute atomic E-state index is 0.118. The van der Waals surface area contributed by atoms with Crippen molar-refractivity contribution in [3.63, 3.8) is 0 Å². The number of hydrogen-bond donors (Lipinski definition) is 1. The van der Waals surface area contributed by atoms with Crippen LogP contribution < -0.4 is 14.8 Å². The molecule has 0 fully saturated rings. The molecule has 0 aliphatic carbocycles. The summed E-state index contributed by atoms with van der Waals surface area (Å²) in [6.45, 7) is 3.18. The molecule has 1 aliphatic rings. The lowest BCUT2D eigenvalue weighted by atomic mass is 10.1. The highest BCUT2D eigenvalue weighted by atomic mass is 32.2. The van der Waals surface area contributed by atoms with Crippen LogP contribution in [0.3, 0.4) is 0 Å². The van der Waals surface area contributed by atoms with Crippen LogP contribution in [-0.4, -0.2) is 35.1 Å². The summed E-state index contributed by atoms with van der Waals surface area (Å²) >= 11 is 1.34. The zero-order valence-corrected chi connectivity index (χ0v) is 16.9. The van der Waals surface area contributed by atoms with E-state index in [1.807, 2.05) is 12.1 Å². The van der Waals surface area contributed by atoms with Crippen molar-refractivity contribution in [2.45, 2.75) is 18.4 Å². The smallest absolute Gasteiger partial charge is 0.234 e. The van der Waals surface area contributed by atoms with Crippen molar-refractivity contribution < 1.29 is 14.3 Å². The fourth-order valence-electron chi connectivity index (χ4n) is 2.92. The predicted octanol–water partition coefficient (Wildman–Crippen LogP) is 4.21. The van der Waals surface area contributed by atoms with Crippen LogP contribution in [0, 0.1) is 0 Å². The molecule has 0 spiro atoms. The second-order valence-electron chi connectivity index (χ2n) is 6.50. The van der Waals surface area contributed by atoms with E-state index in [2.05, 4.69) is 46.7 Å². The molecule has 4 rings (SSSR count). The maximum Gasteiger partial charge on any atom is 0.234 e. The normalized spacial score (nSPS) is 12.4. The summed E-state index contributed by atoms with van der Waals surface area (Å²) in [4.78, 5) is 12.3. The number of hydrogen-bond acceptors (Lipinski definition) is 6. The van der Waals surface area contributed by atoms with Crippen molar-refractivity contribution in [3.05, 3.63) is 60.2 Å². The molecule has 0 bridgehead atoms. The van der Waals surface area contributed by atoms with E-state index in [4.69, 9.17) is 9.47 Å². The van der Waals surface area contributed by atoms with Gasteiger partial charge in [0.15, 0.2) is 11.5 Å². The number of nitrogens with zero attached hydrogens (tertiary/aromatic N) is 2. The van der Waals surface area contributed by atoms with Crippen LogP contribution in [0.1, 0.15) is 12.5 Å². The third-order valence-electron chi connectivity index (χ3n) is 4.48. The van der Waals surface area contributed by atoms with Crippen LogP contribution in [-0.2, 0) is 11.2 Å². The average Bonchev–Trinajstić information content (AvgIpc) is 2.78. The van der Waals surface area contributed by atoms with E-state index in [-0.39, 0.29) is 11.7 Å². The fourth-order valence-corrected chi connectivity index (χ4v) is 3.53. The Labute approximate surface area is 173 Å². The summed E-state index contributed by atoms with van der Waals surface area (Å²) < 4.78 is 11.0. The molecule has 0 saturated heterocycles. The Balaban J connectivity index is 1.32. The SMILES string of the molecule is CCc1ccc(-c2ccc(SCC(=O)Nc3ccc4c(c3)OCCO4)nn2)cc1. The van der Waals surface area contributed by atoms with Gasteiger partial charge in [-0.15, -0.1) is 10.2 Å². The van der Waals surface area contributed by atoms with E-state index in [1.54, 1.807) is 18.2 Å². The summed E-state index contributed by atoms with van der Waals surface area (Å²) in [5.74, 6) is 1.47. The van der Waals surface area contributed by atoms with Gasteiger partial charge >= 0.3 is 0 Å². The summed E-state index contributed by atoms with van der Waals surface area (Å²) in [5.41, 5.74) is 3.81. The number of benzene rings is 2. The maximum atomic E-state index is 12.3. The Bertz CT molecular complexity index is 991. The molecule has 1 aliphatic heterocycles. The van der Waals surface area contributed by atoms with Gasteiger partial charge in [-0.3, -0.25) is 4.79 Å². The summed E-state index contributed by atoms with van der Waals surface area (Å²) in [6.07, 6.45) is 1.01.